The number of phenols is 2. The molecule has 0 heterocycles. The van der Waals surface area contributed by atoms with Crippen LogP contribution in [0.3, 0.4) is 0 Å². The van der Waals surface area contributed by atoms with Crippen molar-refractivity contribution < 1.29 is 10.2 Å². The molecule has 0 radical (unpaired) electrons. The minimum Gasteiger partial charge on any atom is -0.508 e. The molecule has 0 aromatic heterocycles. The number of rotatable bonds is 4. The maximum Gasteiger partial charge on any atom is 0.118 e. The molecule has 3 rings (SSSR count). The van der Waals surface area contributed by atoms with E-state index in [4.69, 9.17) is 0 Å². The third-order valence-electron chi connectivity index (χ3n) is 4.13. The molecule has 0 amide bonds. The fourth-order valence-electron chi connectivity index (χ4n) is 2.88. The SMILES string of the molecule is CC(C)Cc1cc(-c2ccc(-c3ccc(O)cc3)cc2)ccc1O. The molecule has 0 unspecified atom stereocenters. The Bertz CT molecular complexity index is 816. The van der Waals surface area contributed by atoms with Gasteiger partial charge in [0.25, 0.3) is 0 Å². The van der Waals surface area contributed by atoms with Crippen molar-refractivity contribution in [2.45, 2.75) is 20.3 Å². The molecule has 0 fully saturated rings. The molecule has 2 heteroatoms. The van der Waals surface area contributed by atoms with Gasteiger partial charge in [-0.05, 0) is 64.4 Å². The van der Waals surface area contributed by atoms with Gasteiger partial charge in [-0.25, -0.2) is 0 Å². The van der Waals surface area contributed by atoms with Crippen LogP contribution in [0.25, 0.3) is 22.3 Å². The molecule has 3 aromatic carbocycles. The van der Waals surface area contributed by atoms with E-state index in [-0.39, 0.29) is 5.75 Å². The van der Waals surface area contributed by atoms with Gasteiger partial charge >= 0.3 is 0 Å². The maximum atomic E-state index is 10.0. The van der Waals surface area contributed by atoms with Gasteiger partial charge in [-0.15, -0.1) is 0 Å². The Hall–Kier alpha value is -2.74. The lowest BCUT2D eigenvalue weighted by molar-refractivity contribution is 0.462. The van der Waals surface area contributed by atoms with Crippen LogP contribution in [0.15, 0.2) is 66.7 Å². The first-order chi connectivity index (χ1) is 11.5. The van der Waals surface area contributed by atoms with Crippen molar-refractivity contribution in [2.24, 2.45) is 5.92 Å². The van der Waals surface area contributed by atoms with Crippen molar-refractivity contribution in [3.63, 3.8) is 0 Å². The van der Waals surface area contributed by atoms with Crippen molar-refractivity contribution in [1.82, 2.24) is 0 Å². The first kappa shape index (κ1) is 16.1. The fraction of sp³-hybridized carbons (Fsp3) is 0.182. The van der Waals surface area contributed by atoms with Crippen LogP contribution in [0, 0.1) is 5.92 Å². The van der Waals surface area contributed by atoms with Gasteiger partial charge in [0.15, 0.2) is 0 Å². The Labute approximate surface area is 143 Å². The molecule has 0 bridgehead atoms. The summed E-state index contributed by atoms with van der Waals surface area (Å²) in [6, 6.07) is 21.4. The van der Waals surface area contributed by atoms with Crippen LogP contribution in [0.1, 0.15) is 19.4 Å². The van der Waals surface area contributed by atoms with Crippen molar-refractivity contribution in [2.75, 3.05) is 0 Å². The number of benzene rings is 3. The number of hydrogen-bond donors (Lipinski definition) is 2. The second-order valence-electron chi connectivity index (χ2n) is 6.57. The highest BCUT2D eigenvalue weighted by molar-refractivity contribution is 5.71. The monoisotopic (exact) mass is 318 g/mol. The van der Waals surface area contributed by atoms with E-state index in [0.717, 1.165) is 34.2 Å². The van der Waals surface area contributed by atoms with E-state index >= 15 is 0 Å². The van der Waals surface area contributed by atoms with E-state index in [1.807, 2.05) is 18.2 Å². The van der Waals surface area contributed by atoms with E-state index < -0.39 is 0 Å². The van der Waals surface area contributed by atoms with Crippen LogP contribution in [0.4, 0.5) is 0 Å². The molecular weight excluding hydrogens is 296 g/mol. The minimum atomic E-state index is 0.275. The summed E-state index contributed by atoms with van der Waals surface area (Å²) < 4.78 is 0. The van der Waals surface area contributed by atoms with Crippen LogP contribution in [-0.2, 0) is 6.42 Å². The maximum absolute atomic E-state index is 10.0. The standard InChI is InChI=1S/C22H22O2/c1-15(2)13-20-14-19(9-12-22(20)24)18-5-3-16(4-6-18)17-7-10-21(23)11-8-17/h3-12,14-15,23-24H,13H2,1-2H3. The van der Waals surface area contributed by atoms with Crippen LogP contribution in [0.5, 0.6) is 11.5 Å². The molecule has 3 aromatic rings. The lowest BCUT2D eigenvalue weighted by Gasteiger charge is -2.11. The summed E-state index contributed by atoms with van der Waals surface area (Å²) in [7, 11) is 0. The third kappa shape index (κ3) is 3.60. The highest BCUT2D eigenvalue weighted by atomic mass is 16.3. The summed E-state index contributed by atoms with van der Waals surface area (Å²) in [5, 5.41) is 19.4. The molecule has 0 aliphatic rings. The molecule has 0 spiro atoms. The zero-order valence-electron chi connectivity index (χ0n) is 14.0. The lowest BCUT2D eigenvalue weighted by atomic mass is 9.96. The van der Waals surface area contributed by atoms with Gasteiger partial charge < -0.3 is 10.2 Å². The Morgan fingerprint density at radius 1 is 0.667 bits per heavy atom. The lowest BCUT2D eigenvalue weighted by Crippen LogP contribution is -1.95. The predicted octanol–water partition coefficient (Wildman–Crippen LogP) is 5.63. The second kappa shape index (κ2) is 6.79. The summed E-state index contributed by atoms with van der Waals surface area (Å²) in [6.07, 6.45) is 0.866. The van der Waals surface area contributed by atoms with E-state index in [2.05, 4.69) is 44.2 Å². The smallest absolute Gasteiger partial charge is 0.118 e. The van der Waals surface area contributed by atoms with Crippen LogP contribution < -0.4 is 0 Å². The van der Waals surface area contributed by atoms with Crippen molar-refractivity contribution >= 4 is 0 Å². The zero-order chi connectivity index (χ0) is 17.1. The molecule has 0 aliphatic heterocycles. The summed E-state index contributed by atoms with van der Waals surface area (Å²) in [6.45, 7) is 4.30. The first-order valence-corrected chi connectivity index (χ1v) is 8.24. The Balaban J connectivity index is 1.89. The van der Waals surface area contributed by atoms with Crippen molar-refractivity contribution in [3.05, 3.63) is 72.3 Å². The number of aromatic hydroxyl groups is 2. The molecule has 0 saturated carbocycles. The van der Waals surface area contributed by atoms with Crippen molar-refractivity contribution in [3.8, 4) is 33.8 Å². The summed E-state index contributed by atoms with van der Waals surface area (Å²) in [4.78, 5) is 0. The molecule has 0 aliphatic carbocycles. The predicted molar refractivity (Wildman–Crippen MR) is 99.2 cm³/mol. The van der Waals surface area contributed by atoms with E-state index in [9.17, 15) is 10.2 Å². The molecule has 0 atom stereocenters. The number of hydrogen-bond acceptors (Lipinski definition) is 2. The molecule has 2 N–H and O–H groups in total. The molecule has 2 nitrogen and oxygen atoms in total. The van der Waals surface area contributed by atoms with Crippen molar-refractivity contribution in [1.29, 1.82) is 0 Å². The van der Waals surface area contributed by atoms with Crippen LogP contribution >= 0.6 is 0 Å². The van der Waals surface area contributed by atoms with Gasteiger partial charge in [0, 0.05) is 0 Å². The third-order valence-corrected chi connectivity index (χ3v) is 4.13. The fourth-order valence-corrected chi connectivity index (χ4v) is 2.88. The molecule has 24 heavy (non-hydrogen) atoms. The number of phenolic OH excluding ortho intramolecular Hbond substituents is 2. The normalized spacial score (nSPS) is 11.0. The Morgan fingerprint density at radius 3 is 1.67 bits per heavy atom. The molecule has 0 saturated heterocycles. The van der Waals surface area contributed by atoms with Gasteiger partial charge in [-0.1, -0.05) is 56.3 Å². The summed E-state index contributed by atoms with van der Waals surface area (Å²) in [5.74, 6) is 1.15. The van der Waals surface area contributed by atoms with Gasteiger partial charge in [0.1, 0.15) is 11.5 Å². The van der Waals surface area contributed by atoms with Gasteiger partial charge in [-0.2, -0.15) is 0 Å². The van der Waals surface area contributed by atoms with E-state index in [1.54, 1.807) is 18.2 Å². The van der Waals surface area contributed by atoms with Gasteiger partial charge in [-0.3, -0.25) is 0 Å². The summed E-state index contributed by atoms with van der Waals surface area (Å²) >= 11 is 0. The largest absolute Gasteiger partial charge is 0.508 e. The Kier molecular flexibility index (Phi) is 4.57. The first-order valence-electron chi connectivity index (χ1n) is 8.24. The van der Waals surface area contributed by atoms with Gasteiger partial charge in [0.05, 0.1) is 0 Å². The molecule has 122 valence electrons. The van der Waals surface area contributed by atoms with E-state index in [0.29, 0.717) is 11.7 Å². The second-order valence-corrected chi connectivity index (χ2v) is 6.57. The van der Waals surface area contributed by atoms with Crippen LogP contribution in [0.2, 0.25) is 0 Å². The topological polar surface area (TPSA) is 40.5 Å². The average Bonchev–Trinajstić information content (AvgIpc) is 2.57. The quantitative estimate of drug-likeness (QED) is 0.654. The highest BCUT2D eigenvalue weighted by Crippen LogP contribution is 2.30. The van der Waals surface area contributed by atoms with Crippen LogP contribution in [-0.4, -0.2) is 10.2 Å². The van der Waals surface area contributed by atoms with Gasteiger partial charge in [0.2, 0.25) is 0 Å². The molecular formula is C22H22O2. The average molecular weight is 318 g/mol. The Morgan fingerprint density at radius 2 is 1.12 bits per heavy atom. The van der Waals surface area contributed by atoms with E-state index in [1.165, 1.54) is 0 Å². The zero-order valence-corrected chi connectivity index (χ0v) is 14.0. The highest BCUT2D eigenvalue weighted by Gasteiger charge is 2.07. The minimum absolute atomic E-state index is 0.275. The summed E-state index contributed by atoms with van der Waals surface area (Å²) in [5.41, 5.74) is 5.42.